The summed E-state index contributed by atoms with van der Waals surface area (Å²) in [5.41, 5.74) is 5.75. The summed E-state index contributed by atoms with van der Waals surface area (Å²) >= 11 is 0. The van der Waals surface area contributed by atoms with Crippen molar-refractivity contribution in [1.82, 2.24) is 14.7 Å². The minimum Gasteiger partial charge on any atom is -0.315 e. The summed E-state index contributed by atoms with van der Waals surface area (Å²) in [5.74, 6) is 0.748. The molecule has 0 radical (unpaired) electrons. The molecule has 0 saturated heterocycles. The lowest BCUT2D eigenvalue weighted by Crippen LogP contribution is -2.41. The Labute approximate surface area is 234 Å². The van der Waals surface area contributed by atoms with Crippen molar-refractivity contribution < 1.29 is 9.59 Å². The van der Waals surface area contributed by atoms with Gasteiger partial charge in [0.25, 0.3) is 0 Å². The van der Waals surface area contributed by atoms with Crippen LogP contribution in [0, 0.1) is 13.8 Å². The Balaban J connectivity index is 1.81. The van der Waals surface area contributed by atoms with Gasteiger partial charge < -0.3 is 15.5 Å². The Morgan fingerprint density at radius 2 is 1.67 bits per heavy atom. The van der Waals surface area contributed by atoms with Gasteiger partial charge in [-0.3, -0.25) is 4.79 Å². The predicted octanol–water partition coefficient (Wildman–Crippen LogP) is 7.57. The van der Waals surface area contributed by atoms with Crippen molar-refractivity contribution in [2.24, 2.45) is 0 Å². The van der Waals surface area contributed by atoms with E-state index >= 15 is 0 Å². The third-order valence-corrected chi connectivity index (χ3v) is 6.81. The van der Waals surface area contributed by atoms with E-state index in [2.05, 4.69) is 65.2 Å². The van der Waals surface area contributed by atoms with Crippen LogP contribution < -0.4 is 10.6 Å². The number of hydrogen-bond acceptors (Lipinski definition) is 3. The molecule has 3 amide bonds. The van der Waals surface area contributed by atoms with Crippen molar-refractivity contribution in [3.63, 3.8) is 0 Å². The van der Waals surface area contributed by atoms with Gasteiger partial charge in [0.2, 0.25) is 5.91 Å². The van der Waals surface area contributed by atoms with Crippen LogP contribution in [0.2, 0.25) is 0 Å². The largest absolute Gasteiger partial charge is 0.322 e. The summed E-state index contributed by atoms with van der Waals surface area (Å²) in [4.78, 5) is 28.2. The number of nitrogens with zero attached hydrogens (tertiary/aromatic N) is 3. The highest BCUT2D eigenvalue weighted by Gasteiger charge is 2.23. The van der Waals surface area contributed by atoms with Crippen molar-refractivity contribution >= 4 is 23.4 Å². The van der Waals surface area contributed by atoms with Crippen LogP contribution in [0.3, 0.4) is 0 Å². The zero-order valence-corrected chi connectivity index (χ0v) is 24.9. The number of nitrogens with one attached hydrogen (secondary N) is 2. The summed E-state index contributed by atoms with van der Waals surface area (Å²) in [6.45, 7) is 17.2. The molecule has 0 fully saturated rings. The molecule has 1 heterocycles. The molecule has 0 bridgehead atoms. The van der Waals surface area contributed by atoms with Gasteiger partial charge in [0.1, 0.15) is 12.4 Å². The summed E-state index contributed by atoms with van der Waals surface area (Å²) in [7, 11) is 0. The number of aromatic nitrogens is 2. The molecule has 0 aliphatic carbocycles. The molecule has 1 aromatic heterocycles. The molecule has 0 atom stereocenters. The predicted molar refractivity (Wildman–Crippen MR) is 161 cm³/mol. The summed E-state index contributed by atoms with van der Waals surface area (Å²) in [5, 5.41) is 10.9. The topological polar surface area (TPSA) is 79.3 Å². The Bertz CT molecular complexity index is 1270. The maximum absolute atomic E-state index is 13.3. The van der Waals surface area contributed by atoms with Crippen LogP contribution in [0.25, 0.3) is 5.69 Å². The van der Waals surface area contributed by atoms with E-state index in [-0.39, 0.29) is 23.9 Å². The number of unbranched alkanes of at least 4 members (excludes halogenated alkanes) is 2. The van der Waals surface area contributed by atoms with Crippen LogP contribution in [-0.4, -0.2) is 39.7 Å². The van der Waals surface area contributed by atoms with Gasteiger partial charge in [0, 0.05) is 23.7 Å². The van der Waals surface area contributed by atoms with Crippen LogP contribution in [0.4, 0.5) is 16.3 Å². The number of benzene rings is 2. The number of carbonyl (C=O) groups excluding carboxylic acids is 2. The van der Waals surface area contributed by atoms with E-state index in [4.69, 9.17) is 5.10 Å². The molecule has 210 valence electrons. The second kappa shape index (κ2) is 13.0. The molecule has 7 nitrogen and oxygen atoms in total. The molecule has 2 aromatic carbocycles. The van der Waals surface area contributed by atoms with Crippen LogP contribution >= 0.6 is 0 Å². The highest BCUT2D eigenvalue weighted by atomic mass is 16.2. The second-order valence-electron chi connectivity index (χ2n) is 11.8. The average molecular weight is 532 g/mol. The van der Waals surface area contributed by atoms with Crippen molar-refractivity contribution in [2.45, 2.75) is 86.0 Å². The number of urea groups is 1. The SMILES string of the molecule is CCCCCN(CC(=O)Nc1cc(C(C)(C)C)nn1-c1ccc(C)cc1C)C(=O)Nc1ccc(C(C)C)cc1. The quantitative estimate of drug-likeness (QED) is 0.265. The van der Waals surface area contributed by atoms with Crippen LogP contribution in [0.5, 0.6) is 0 Å². The smallest absolute Gasteiger partial charge is 0.315 e. The number of aryl methyl sites for hydroxylation is 2. The first-order valence-electron chi connectivity index (χ1n) is 14.0. The fourth-order valence-electron chi connectivity index (χ4n) is 4.38. The van der Waals surface area contributed by atoms with Crippen molar-refractivity contribution in [3.05, 3.63) is 70.9 Å². The number of anilines is 2. The first-order valence-corrected chi connectivity index (χ1v) is 14.0. The zero-order chi connectivity index (χ0) is 28.7. The maximum atomic E-state index is 13.3. The normalized spacial score (nSPS) is 11.5. The van der Waals surface area contributed by atoms with Gasteiger partial charge in [-0.2, -0.15) is 5.10 Å². The Morgan fingerprint density at radius 1 is 0.974 bits per heavy atom. The lowest BCUT2D eigenvalue weighted by molar-refractivity contribution is -0.116. The van der Waals surface area contributed by atoms with E-state index in [0.29, 0.717) is 24.0 Å². The molecule has 0 aliphatic heterocycles. The fourth-order valence-corrected chi connectivity index (χ4v) is 4.38. The summed E-state index contributed by atoms with van der Waals surface area (Å²) < 4.78 is 1.80. The van der Waals surface area contributed by atoms with Crippen molar-refractivity contribution in [3.8, 4) is 5.69 Å². The standard InChI is InChI=1S/C32H45N5O2/c1-9-10-11-18-36(31(39)33-26-15-13-25(14-16-26)22(2)3)21-30(38)34-29-20-28(32(6,7)8)35-37(29)27-17-12-23(4)19-24(27)5/h12-17,19-20,22H,9-11,18,21H2,1-8H3,(H,33,39)(H,34,38). The van der Waals surface area contributed by atoms with Crippen LogP contribution in [0.15, 0.2) is 48.5 Å². The molecule has 0 spiro atoms. The molecule has 0 unspecified atom stereocenters. The van der Waals surface area contributed by atoms with Crippen molar-refractivity contribution in [1.29, 1.82) is 0 Å². The minimum atomic E-state index is -0.281. The fraction of sp³-hybridized carbons (Fsp3) is 0.469. The molecular formula is C32H45N5O2. The lowest BCUT2D eigenvalue weighted by atomic mass is 9.92. The molecule has 3 rings (SSSR count). The highest BCUT2D eigenvalue weighted by Crippen LogP contribution is 2.28. The molecule has 7 heteroatoms. The van der Waals surface area contributed by atoms with Gasteiger partial charge in [-0.1, -0.05) is 84.2 Å². The van der Waals surface area contributed by atoms with E-state index in [1.54, 1.807) is 9.58 Å². The third-order valence-electron chi connectivity index (χ3n) is 6.81. The van der Waals surface area contributed by atoms with Gasteiger partial charge in [-0.15, -0.1) is 0 Å². The Hall–Kier alpha value is -3.61. The van der Waals surface area contributed by atoms with E-state index in [9.17, 15) is 9.59 Å². The van der Waals surface area contributed by atoms with E-state index in [0.717, 1.165) is 41.8 Å². The zero-order valence-electron chi connectivity index (χ0n) is 24.9. The number of amides is 3. The Kier molecular flexibility index (Phi) is 9.95. The van der Waals surface area contributed by atoms with E-state index < -0.39 is 0 Å². The monoisotopic (exact) mass is 531 g/mol. The maximum Gasteiger partial charge on any atom is 0.322 e. The molecule has 0 aliphatic rings. The van der Waals surface area contributed by atoms with Gasteiger partial charge in [0.15, 0.2) is 0 Å². The number of hydrogen-bond donors (Lipinski definition) is 2. The van der Waals surface area contributed by atoms with E-state index in [1.165, 1.54) is 5.56 Å². The molecule has 3 aromatic rings. The van der Waals surface area contributed by atoms with E-state index in [1.807, 2.05) is 49.4 Å². The molecule has 2 N–H and O–H groups in total. The van der Waals surface area contributed by atoms with Gasteiger partial charge in [0.05, 0.1) is 11.4 Å². The second-order valence-corrected chi connectivity index (χ2v) is 11.8. The first-order chi connectivity index (χ1) is 18.4. The first kappa shape index (κ1) is 29.9. The number of carbonyl (C=O) groups is 2. The molecule has 0 saturated carbocycles. The van der Waals surface area contributed by atoms with Gasteiger partial charge >= 0.3 is 6.03 Å². The van der Waals surface area contributed by atoms with Crippen molar-refractivity contribution in [2.75, 3.05) is 23.7 Å². The molecule has 39 heavy (non-hydrogen) atoms. The third kappa shape index (κ3) is 8.19. The van der Waals surface area contributed by atoms with Crippen LogP contribution in [0.1, 0.15) is 89.1 Å². The average Bonchev–Trinajstić information content (AvgIpc) is 3.27. The lowest BCUT2D eigenvalue weighted by Gasteiger charge is -2.23. The van der Waals surface area contributed by atoms with Crippen LogP contribution in [-0.2, 0) is 10.2 Å². The van der Waals surface area contributed by atoms with Gasteiger partial charge in [-0.25, -0.2) is 9.48 Å². The van der Waals surface area contributed by atoms with Gasteiger partial charge in [-0.05, 0) is 55.5 Å². The highest BCUT2D eigenvalue weighted by molar-refractivity contribution is 5.96. The Morgan fingerprint density at radius 3 is 2.26 bits per heavy atom. The minimum absolute atomic E-state index is 0.0530. The molecular weight excluding hydrogens is 486 g/mol. The summed E-state index contributed by atoms with van der Waals surface area (Å²) in [6, 6.07) is 15.7. The summed E-state index contributed by atoms with van der Waals surface area (Å²) in [6.07, 6.45) is 2.85. The number of rotatable bonds is 10.